The van der Waals surface area contributed by atoms with Crippen LogP contribution in [0.5, 0.6) is 0 Å². The maximum Gasteiger partial charge on any atom is 0.332 e. The van der Waals surface area contributed by atoms with E-state index in [-0.39, 0.29) is 11.1 Å². The lowest BCUT2D eigenvalue weighted by atomic mass is 9.96. The number of hydrogen-bond acceptors (Lipinski definition) is 2. The summed E-state index contributed by atoms with van der Waals surface area (Å²) in [6.07, 6.45) is 10.7. The molecule has 140 valence electrons. The van der Waals surface area contributed by atoms with Crippen molar-refractivity contribution < 1.29 is 19.8 Å². The summed E-state index contributed by atoms with van der Waals surface area (Å²) < 4.78 is 0. The van der Waals surface area contributed by atoms with Crippen LogP contribution in [0.2, 0.25) is 0 Å². The van der Waals surface area contributed by atoms with Crippen molar-refractivity contribution in [3.63, 3.8) is 0 Å². The van der Waals surface area contributed by atoms with Gasteiger partial charge >= 0.3 is 11.9 Å². The molecule has 0 aromatic carbocycles. The molecule has 24 heavy (non-hydrogen) atoms. The Morgan fingerprint density at radius 2 is 0.833 bits per heavy atom. The molecular weight excluding hydrogens is 440 g/mol. The monoisotopic (exact) mass is 468 g/mol. The van der Waals surface area contributed by atoms with Gasteiger partial charge in [-0.15, -0.1) is 0 Å². The summed E-state index contributed by atoms with van der Waals surface area (Å²) in [5, 5.41) is 20.7. The van der Waals surface area contributed by atoms with Gasteiger partial charge in [0.2, 0.25) is 0 Å². The van der Waals surface area contributed by atoms with E-state index in [1.807, 2.05) is 0 Å². The predicted molar refractivity (Wildman–Crippen MR) is 105 cm³/mol. The van der Waals surface area contributed by atoms with Crippen LogP contribution < -0.4 is 0 Å². The van der Waals surface area contributed by atoms with Crippen molar-refractivity contribution in [1.82, 2.24) is 0 Å². The third-order valence-corrected chi connectivity index (χ3v) is 5.12. The van der Waals surface area contributed by atoms with Crippen molar-refractivity contribution >= 4 is 43.8 Å². The summed E-state index contributed by atoms with van der Waals surface area (Å²) in [5.41, 5.74) is 0.201. The van der Waals surface area contributed by atoms with Crippen molar-refractivity contribution in [1.29, 1.82) is 0 Å². The van der Waals surface area contributed by atoms with Crippen LogP contribution in [-0.2, 0) is 9.59 Å². The number of carboxylic acids is 2. The molecule has 0 bridgehead atoms. The summed E-state index contributed by atoms with van der Waals surface area (Å²) in [7, 11) is 0. The molecule has 0 spiro atoms. The molecule has 0 saturated carbocycles. The standard InChI is InChI=1S/C18H30Br2O4/c19-13-9-5-1-3-7-11-15(17(21)22)16(18(23)24)12-8-4-2-6-10-14-20/h1-14H2,(H,21,22)(H,23,24)/b16-15+. The van der Waals surface area contributed by atoms with Gasteiger partial charge in [0.05, 0.1) is 0 Å². The van der Waals surface area contributed by atoms with E-state index in [9.17, 15) is 19.8 Å². The van der Waals surface area contributed by atoms with Crippen molar-refractivity contribution in [2.24, 2.45) is 0 Å². The van der Waals surface area contributed by atoms with Gasteiger partial charge in [0.1, 0.15) is 0 Å². The van der Waals surface area contributed by atoms with E-state index in [0.717, 1.165) is 74.9 Å². The number of alkyl halides is 2. The Morgan fingerprint density at radius 1 is 0.542 bits per heavy atom. The summed E-state index contributed by atoms with van der Waals surface area (Å²) >= 11 is 6.77. The predicted octanol–water partition coefficient (Wildman–Crippen LogP) is 5.92. The molecule has 0 aromatic heterocycles. The fourth-order valence-corrected chi connectivity index (χ4v) is 3.42. The number of carboxylic acid groups (broad SMARTS) is 2. The van der Waals surface area contributed by atoms with Gasteiger partial charge in [-0.1, -0.05) is 70.4 Å². The van der Waals surface area contributed by atoms with Crippen LogP contribution in [0, 0.1) is 0 Å². The van der Waals surface area contributed by atoms with Crippen LogP contribution in [0.15, 0.2) is 11.1 Å². The summed E-state index contributed by atoms with van der Waals surface area (Å²) in [6, 6.07) is 0. The molecule has 4 nitrogen and oxygen atoms in total. The highest BCUT2D eigenvalue weighted by Crippen LogP contribution is 2.21. The molecule has 0 aliphatic rings. The van der Waals surface area contributed by atoms with Crippen LogP contribution in [-0.4, -0.2) is 32.8 Å². The molecule has 6 heteroatoms. The summed E-state index contributed by atoms with van der Waals surface area (Å²) in [5.74, 6) is -2.15. The SMILES string of the molecule is O=C(O)/C(CCCCCCCBr)=C(\CCCCCCCBr)C(=O)O. The molecule has 0 aliphatic heterocycles. The Hall–Kier alpha value is -0.360. The maximum absolute atomic E-state index is 11.5. The van der Waals surface area contributed by atoms with Crippen molar-refractivity contribution in [2.75, 3.05) is 10.7 Å². The zero-order chi connectivity index (χ0) is 18.2. The van der Waals surface area contributed by atoms with Gasteiger partial charge in [-0.05, 0) is 38.5 Å². The van der Waals surface area contributed by atoms with Crippen LogP contribution in [0.3, 0.4) is 0 Å². The molecule has 0 fully saturated rings. The minimum Gasteiger partial charge on any atom is -0.478 e. The first-order valence-corrected chi connectivity index (χ1v) is 11.1. The van der Waals surface area contributed by atoms with Crippen LogP contribution in [0.4, 0.5) is 0 Å². The average molecular weight is 470 g/mol. The topological polar surface area (TPSA) is 74.6 Å². The Bertz CT molecular complexity index is 358. The summed E-state index contributed by atoms with van der Waals surface area (Å²) in [4.78, 5) is 22.9. The molecule has 0 rings (SSSR count). The van der Waals surface area contributed by atoms with E-state index in [0.29, 0.717) is 12.8 Å². The molecule has 0 aromatic rings. The van der Waals surface area contributed by atoms with E-state index >= 15 is 0 Å². The number of halogens is 2. The Morgan fingerprint density at radius 3 is 1.12 bits per heavy atom. The molecule has 0 radical (unpaired) electrons. The highest BCUT2D eigenvalue weighted by Gasteiger charge is 2.19. The second kappa shape index (κ2) is 16.1. The molecule has 0 saturated heterocycles. The van der Waals surface area contributed by atoms with E-state index in [2.05, 4.69) is 31.9 Å². The quantitative estimate of drug-likeness (QED) is 0.167. The second-order valence-electron chi connectivity index (χ2n) is 5.98. The molecule has 0 aliphatic carbocycles. The fourth-order valence-electron chi connectivity index (χ4n) is 2.63. The maximum atomic E-state index is 11.5. The van der Waals surface area contributed by atoms with E-state index < -0.39 is 11.9 Å². The molecule has 0 amide bonds. The normalized spacial score (nSPS) is 12.1. The number of aliphatic carboxylic acids is 2. The highest BCUT2D eigenvalue weighted by molar-refractivity contribution is 9.09. The Kier molecular flexibility index (Phi) is 15.9. The zero-order valence-electron chi connectivity index (χ0n) is 14.4. The van der Waals surface area contributed by atoms with E-state index in [1.54, 1.807) is 0 Å². The van der Waals surface area contributed by atoms with Gasteiger partial charge in [-0.2, -0.15) is 0 Å². The Labute approximate surface area is 162 Å². The molecule has 0 heterocycles. The molecule has 2 N–H and O–H groups in total. The zero-order valence-corrected chi connectivity index (χ0v) is 17.5. The van der Waals surface area contributed by atoms with Crippen molar-refractivity contribution in [3.8, 4) is 0 Å². The smallest absolute Gasteiger partial charge is 0.332 e. The number of unbranched alkanes of at least 4 members (excludes halogenated alkanes) is 8. The molecule has 0 unspecified atom stereocenters. The van der Waals surface area contributed by atoms with Gasteiger partial charge in [0, 0.05) is 21.8 Å². The van der Waals surface area contributed by atoms with Gasteiger partial charge in [-0.25, -0.2) is 9.59 Å². The Balaban J connectivity index is 4.44. The highest BCUT2D eigenvalue weighted by atomic mass is 79.9. The first-order valence-electron chi connectivity index (χ1n) is 8.85. The number of hydrogen-bond donors (Lipinski definition) is 2. The summed E-state index contributed by atoms with van der Waals surface area (Å²) in [6.45, 7) is 0. The van der Waals surface area contributed by atoms with Gasteiger partial charge in [-0.3, -0.25) is 0 Å². The van der Waals surface area contributed by atoms with Gasteiger partial charge in [0.25, 0.3) is 0 Å². The van der Waals surface area contributed by atoms with Gasteiger partial charge in [0.15, 0.2) is 0 Å². The van der Waals surface area contributed by atoms with E-state index in [4.69, 9.17) is 0 Å². The molecule has 0 atom stereocenters. The first kappa shape index (κ1) is 23.6. The lowest BCUT2D eigenvalue weighted by Gasteiger charge is -2.09. The third-order valence-electron chi connectivity index (χ3n) is 4.00. The lowest BCUT2D eigenvalue weighted by Crippen LogP contribution is -2.12. The van der Waals surface area contributed by atoms with Crippen molar-refractivity contribution in [3.05, 3.63) is 11.1 Å². The number of carbonyl (C=O) groups is 2. The largest absolute Gasteiger partial charge is 0.478 e. The van der Waals surface area contributed by atoms with Crippen LogP contribution >= 0.6 is 31.9 Å². The van der Waals surface area contributed by atoms with Crippen LogP contribution in [0.25, 0.3) is 0 Å². The second-order valence-corrected chi connectivity index (χ2v) is 7.57. The molecular formula is C18H30Br2O4. The average Bonchev–Trinajstić information content (AvgIpc) is 2.54. The lowest BCUT2D eigenvalue weighted by molar-refractivity contribution is -0.136. The number of rotatable bonds is 16. The van der Waals surface area contributed by atoms with Crippen molar-refractivity contribution in [2.45, 2.75) is 77.0 Å². The first-order chi connectivity index (χ1) is 11.5. The minimum atomic E-state index is -1.08. The third kappa shape index (κ3) is 12.1. The van der Waals surface area contributed by atoms with Crippen LogP contribution in [0.1, 0.15) is 77.0 Å². The minimum absolute atomic E-state index is 0.100. The van der Waals surface area contributed by atoms with Gasteiger partial charge < -0.3 is 10.2 Å². The van der Waals surface area contributed by atoms with E-state index in [1.165, 1.54) is 0 Å². The fraction of sp³-hybridized carbons (Fsp3) is 0.778.